The molecule has 3 aliphatic rings. The molecule has 2 bridgehead atoms. The highest BCUT2D eigenvalue weighted by Gasteiger charge is 2.51. The third-order valence-corrected chi connectivity index (χ3v) is 5.00. The van der Waals surface area contributed by atoms with Gasteiger partial charge in [0.25, 0.3) is 0 Å². The molecule has 22 heavy (non-hydrogen) atoms. The fourth-order valence-electron chi connectivity index (χ4n) is 3.88. The first-order valence-corrected chi connectivity index (χ1v) is 7.60. The molecule has 0 aromatic carbocycles. The van der Waals surface area contributed by atoms with Crippen LogP contribution in [0.3, 0.4) is 0 Å². The van der Waals surface area contributed by atoms with Crippen LogP contribution in [-0.4, -0.2) is 45.6 Å². The van der Waals surface area contributed by atoms with Gasteiger partial charge in [0.2, 0.25) is 0 Å². The molecule has 0 spiro atoms. The Kier molecular flexibility index (Phi) is 2.41. The van der Waals surface area contributed by atoms with E-state index in [9.17, 15) is 4.79 Å². The quantitative estimate of drug-likeness (QED) is 0.816. The van der Waals surface area contributed by atoms with Crippen molar-refractivity contribution in [2.45, 2.75) is 12.2 Å². The van der Waals surface area contributed by atoms with E-state index in [2.05, 4.69) is 22.5 Å². The molecule has 6 nitrogen and oxygen atoms in total. The number of pyridine rings is 1. The predicted molar refractivity (Wildman–Crippen MR) is 80.6 cm³/mol. The number of anilines is 1. The summed E-state index contributed by atoms with van der Waals surface area (Å²) in [6.07, 6.45) is 10.2. The Labute approximate surface area is 127 Å². The molecule has 6 heteroatoms. The molecule has 5 rings (SSSR count). The van der Waals surface area contributed by atoms with Crippen molar-refractivity contribution in [3.63, 3.8) is 0 Å². The summed E-state index contributed by atoms with van der Waals surface area (Å²) in [5, 5.41) is 2.98. The van der Waals surface area contributed by atoms with Gasteiger partial charge in [-0.2, -0.15) is 0 Å². The Hall–Kier alpha value is -2.34. The third kappa shape index (κ3) is 1.70. The molecule has 5 heterocycles. The van der Waals surface area contributed by atoms with Gasteiger partial charge in [-0.15, -0.1) is 0 Å². The lowest BCUT2D eigenvalue weighted by Gasteiger charge is -2.19. The fourth-order valence-corrected chi connectivity index (χ4v) is 3.88. The Bertz CT molecular complexity index is 763. The molecular weight excluding hydrogens is 280 g/mol. The number of carbonyl (C=O) groups excluding carboxylic acids is 1. The molecule has 1 N–H and O–H groups in total. The van der Waals surface area contributed by atoms with Gasteiger partial charge in [-0.1, -0.05) is 12.2 Å². The Morgan fingerprint density at radius 1 is 1.23 bits per heavy atom. The molecule has 4 unspecified atom stereocenters. The van der Waals surface area contributed by atoms with Gasteiger partial charge < -0.3 is 19.4 Å². The van der Waals surface area contributed by atoms with Crippen molar-refractivity contribution < 1.29 is 9.53 Å². The highest BCUT2D eigenvalue weighted by Crippen LogP contribution is 2.43. The Balaban J connectivity index is 1.31. The maximum absolute atomic E-state index is 12.5. The molecule has 3 aliphatic heterocycles. The van der Waals surface area contributed by atoms with Gasteiger partial charge in [0, 0.05) is 55.3 Å². The standard InChI is InChI=1S/C16H16N4O2/c21-16(18-10-3-5-19-6-4-17-15(19)7-10)20-8-11-12(9-20)14-2-1-13(11)22-14/h1-7,11-14H,8-9H2,(H,18,21). The van der Waals surface area contributed by atoms with E-state index < -0.39 is 0 Å². The summed E-state index contributed by atoms with van der Waals surface area (Å²) in [5.41, 5.74) is 1.60. The van der Waals surface area contributed by atoms with Crippen LogP contribution in [0.4, 0.5) is 10.5 Å². The zero-order valence-electron chi connectivity index (χ0n) is 11.9. The molecule has 0 saturated carbocycles. The smallest absolute Gasteiger partial charge is 0.321 e. The number of nitrogens with zero attached hydrogens (tertiary/aromatic N) is 3. The van der Waals surface area contributed by atoms with Crippen LogP contribution in [0.5, 0.6) is 0 Å². The van der Waals surface area contributed by atoms with Crippen molar-refractivity contribution in [1.29, 1.82) is 0 Å². The lowest BCUT2D eigenvalue weighted by atomic mass is 9.86. The van der Waals surface area contributed by atoms with Crippen LogP contribution in [-0.2, 0) is 4.74 Å². The topological polar surface area (TPSA) is 58.9 Å². The van der Waals surface area contributed by atoms with Crippen molar-refractivity contribution >= 4 is 17.4 Å². The largest absolute Gasteiger partial charge is 0.366 e. The van der Waals surface area contributed by atoms with Crippen molar-refractivity contribution in [2.75, 3.05) is 18.4 Å². The van der Waals surface area contributed by atoms with E-state index in [1.807, 2.05) is 33.8 Å². The van der Waals surface area contributed by atoms with Crippen LogP contribution in [0.2, 0.25) is 0 Å². The van der Waals surface area contributed by atoms with Gasteiger partial charge in [-0.05, 0) is 6.07 Å². The van der Waals surface area contributed by atoms with Gasteiger partial charge in [0.15, 0.2) is 0 Å². The molecule has 2 saturated heterocycles. The van der Waals surface area contributed by atoms with Crippen molar-refractivity contribution in [2.24, 2.45) is 11.8 Å². The minimum absolute atomic E-state index is 0.0373. The first kappa shape index (κ1) is 12.2. The van der Waals surface area contributed by atoms with E-state index in [4.69, 9.17) is 4.74 Å². The van der Waals surface area contributed by atoms with Crippen LogP contribution in [0.25, 0.3) is 5.65 Å². The van der Waals surface area contributed by atoms with Gasteiger partial charge >= 0.3 is 6.03 Å². The number of ether oxygens (including phenoxy) is 1. The van der Waals surface area contributed by atoms with Crippen LogP contribution in [0.15, 0.2) is 42.9 Å². The maximum atomic E-state index is 12.5. The van der Waals surface area contributed by atoms with Crippen LogP contribution in [0, 0.1) is 11.8 Å². The van der Waals surface area contributed by atoms with Gasteiger partial charge in [-0.25, -0.2) is 9.78 Å². The van der Waals surface area contributed by atoms with E-state index in [1.165, 1.54) is 0 Å². The third-order valence-electron chi connectivity index (χ3n) is 5.00. The van der Waals surface area contributed by atoms with Crippen molar-refractivity contribution in [1.82, 2.24) is 14.3 Å². The second-order valence-corrected chi connectivity index (χ2v) is 6.22. The summed E-state index contributed by atoms with van der Waals surface area (Å²) in [7, 11) is 0. The molecule has 2 aromatic heterocycles. The zero-order chi connectivity index (χ0) is 14.7. The maximum Gasteiger partial charge on any atom is 0.321 e. The van der Waals surface area contributed by atoms with Gasteiger partial charge in [0.05, 0.1) is 12.2 Å². The van der Waals surface area contributed by atoms with Crippen molar-refractivity contribution in [3.05, 3.63) is 42.9 Å². The molecule has 0 aliphatic carbocycles. The molecule has 112 valence electrons. The minimum atomic E-state index is -0.0373. The molecule has 4 atom stereocenters. The lowest BCUT2D eigenvalue weighted by Crippen LogP contribution is -2.35. The minimum Gasteiger partial charge on any atom is -0.366 e. The highest BCUT2D eigenvalue weighted by molar-refractivity contribution is 5.90. The number of rotatable bonds is 1. The number of nitrogens with one attached hydrogen (secondary N) is 1. The van der Waals surface area contributed by atoms with Crippen LogP contribution >= 0.6 is 0 Å². The number of amides is 2. The number of imidazole rings is 1. The zero-order valence-corrected chi connectivity index (χ0v) is 11.9. The normalized spacial score (nSPS) is 31.9. The molecular formula is C16H16N4O2. The van der Waals surface area contributed by atoms with Crippen LogP contribution in [0.1, 0.15) is 0 Å². The molecule has 0 radical (unpaired) electrons. The van der Waals surface area contributed by atoms with Crippen LogP contribution < -0.4 is 5.32 Å². The number of likely N-dealkylation sites (tertiary alicyclic amines) is 1. The second kappa shape index (κ2) is 4.33. The van der Waals surface area contributed by atoms with E-state index >= 15 is 0 Å². The number of fused-ring (bicyclic) bond motifs is 6. The summed E-state index contributed by atoms with van der Waals surface area (Å²) in [5.74, 6) is 0.908. The summed E-state index contributed by atoms with van der Waals surface area (Å²) in [4.78, 5) is 18.6. The number of aromatic nitrogens is 2. The summed E-state index contributed by atoms with van der Waals surface area (Å²) in [6, 6.07) is 3.73. The van der Waals surface area contributed by atoms with E-state index in [0.717, 1.165) is 24.4 Å². The SMILES string of the molecule is O=C(Nc1ccn2ccnc2c1)N1CC2C3C=CC(O3)C2C1. The Morgan fingerprint density at radius 2 is 2.00 bits per heavy atom. The second-order valence-electron chi connectivity index (χ2n) is 6.22. The summed E-state index contributed by atoms with van der Waals surface area (Å²) in [6.45, 7) is 1.54. The highest BCUT2D eigenvalue weighted by atomic mass is 16.5. The van der Waals surface area contributed by atoms with Crippen molar-refractivity contribution in [3.8, 4) is 0 Å². The van der Waals surface area contributed by atoms with E-state index in [-0.39, 0.29) is 18.2 Å². The number of urea groups is 1. The average Bonchev–Trinajstić information content (AvgIpc) is 3.27. The molecule has 2 fully saturated rings. The lowest BCUT2D eigenvalue weighted by molar-refractivity contribution is 0.0892. The van der Waals surface area contributed by atoms with E-state index in [1.54, 1.807) is 6.20 Å². The molecule has 2 aromatic rings. The fraction of sp³-hybridized carbons (Fsp3) is 0.375. The summed E-state index contributed by atoms with van der Waals surface area (Å²) >= 11 is 0. The van der Waals surface area contributed by atoms with Gasteiger partial charge in [-0.3, -0.25) is 0 Å². The number of carbonyl (C=O) groups is 1. The monoisotopic (exact) mass is 296 g/mol. The van der Waals surface area contributed by atoms with Gasteiger partial charge in [0.1, 0.15) is 5.65 Å². The summed E-state index contributed by atoms with van der Waals surface area (Å²) < 4.78 is 7.76. The number of hydrogen-bond acceptors (Lipinski definition) is 3. The average molecular weight is 296 g/mol. The van der Waals surface area contributed by atoms with E-state index in [0.29, 0.717) is 11.8 Å². The number of hydrogen-bond donors (Lipinski definition) is 1. The molecule has 2 amide bonds. The first-order valence-electron chi connectivity index (χ1n) is 7.60. The first-order chi connectivity index (χ1) is 10.8. The predicted octanol–water partition coefficient (Wildman–Crippen LogP) is 1.75. The Morgan fingerprint density at radius 3 is 2.77 bits per heavy atom.